The van der Waals surface area contributed by atoms with Gasteiger partial charge in [-0.05, 0) is 60.7 Å². The Labute approximate surface area is 256 Å². The lowest BCUT2D eigenvalue weighted by Gasteiger charge is -2.11. The number of fused-ring (bicyclic) bond motifs is 11. The van der Waals surface area contributed by atoms with Crippen molar-refractivity contribution in [3.8, 4) is 29.6 Å². The van der Waals surface area contributed by atoms with Gasteiger partial charge in [-0.25, -0.2) is 0 Å². The van der Waals surface area contributed by atoms with Gasteiger partial charge in [0.1, 0.15) is 29.4 Å². The Morgan fingerprint density at radius 2 is 1.13 bits per heavy atom. The summed E-state index contributed by atoms with van der Waals surface area (Å²) in [4.78, 5) is 0. The van der Waals surface area contributed by atoms with E-state index in [1.54, 1.807) is 12.1 Å². The lowest BCUT2D eigenvalue weighted by atomic mass is 10.0. The highest BCUT2D eigenvalue weighted by Gasteiger charge is 2.24. The molecule has 0 amide bonds. The van der Waals surface area contributed by atoms with Crippen LogP contribution < -0.4 is 0 Å². The van der Waals surface area contributed by atoms with E-state index in [0.29, 0.717) is 5.69 Å². The third-order valence-electron chi connectivity index (χ3n) is 8.82. The number of rotatable bonds is 2. The highest BCUT2D eigenvalue weighted by atomic mass is 16.3. The molecule has 0 saturated heterocycles. The van der Waals surface area contributed by atoms with Gasteiger partial charge in [0.15, 0.2) is 0 Å². The topological polar surface area (TPSA) is 94.4 Å². The van der Waals surface area contributed by atoms with E-state index < -0.39 is 0 Å². The molecule has 6 nitrogen and oxygen atoms in total. The molecule has 9 aromatic rings. The smallest absolute Gasteiger partial charge is 0.145 e. The molecule has 0 atom stereocenters. The SMILES string of the molecule is N#Cc1cc(-n2c3ccccc3c3c2ccc2c4c5oc6ccccc6c5ccc4n(-c4ccccc4)c23)cc(C#N)c1C#N. The molecule has 6 aromatic carbocycles. The predicted octanol–water partition coefficient (Wildman–Crippen LogP) is 9.40. The monoisotopic (exact) mass is 573 g/mol. The summed E-state index contributed by atoms with van der Waals surface area (Å²) in [5, 5.41) is 35.8. The van der Waals surface area contributed by atoms with Gasteiger partial charge in [-0.3, -0.25) is 0 Å². The number of hydrogen-bond donors (Lipinski definition) is 0. The van der Waals surface area contributed by atoms with Crippen molar-refractivity contribution in [3.63, 3.8) is 0 Å². The molecule has 3 aromatic heterocycles. The number of nitrogens with zero attached hydrogens (tertiary/aromatic N) is 5. The lowest BCUT2D eigenvalue weighted by Crippen LogP contribution is -1.99. The second-order valence-electron chi connectivity index (χ2n) is 11.1. The van der Waals surface area contributed by atoms with Crippen molar-refractivity contribution >= 4 is 65.6 Å². The quantitative estimate of drug-likeness (QED) is 0.206. The molecule has 6 heteroatoms. The van der Waals surface area contributed by atoms with Crippen LogP contribution in [-0.4, -0.2) is 9.13 Å². The molecule has 0 radical (unpaired) electrons. The molecular formula is C39H19N5O. The van der Waals surface area contributed by atoms with Crippen molar-refractivity contribution in [2.24, 2.45) is 0 Å². The van der Waals surface area contributed by atoms with Crippen molar-refractivity contribution in [3.05, 3.63) is 132 Å². The van der Waals surface area contributed by atoms with Crippen LogP contribution in [-0.2, 0) is 0 Å². The van der Waals surface area contributed by atoms with Gasteiger partial charge < -0.3 is 13.6 Å². The highest BCUT2D eigenvalue weighted by molar-refractivity contribution is 6.30. The molecule has 0 spiro atoms. The van der Waals surface area contributed by atoms with Crippen molar-refractivity contribution in [1.82, 2.24) is 9.13 Å². The van der Waals surface area contributed by atoms with Crippen LogP contribution in [0.3, 0.4) is 0 Å². The molecule has 0 unspecified atom stereocenters. The Morgan fingerprint density at radius 3 is 1.87 bits per heavy atom. The summed E-state index contributed by atoms with van der Waals surface area (Å²) in [6.07, 6.45) is 0. The number of hydrogen-bond acceptors (Lipinski definition) is 4. The van der Waals surface area contributed by atoms with E-state index in [-0.39, 0.29) is 16.7 Å². The Balaban J connectivity index is 1.52. The van der Waals surface area contributed by atoms with E-state index in [0.717, 1.165) is 71.2 Å². The lowest BCUT2D eigenvalue weighted by molar-refractivity contribution is 0.673. The molecule has 206 valence electrons. The molecule has 0 aliphatic rings. The van der Waals surface area contributed by atoms with E-state index in [1.807, 2.05) is 60.7 Å². The number of para-hydroxylation sites is 3. The number of nitriles is 3. The molecule has 0 fully saturated rings. The maximum absolute atomic E-state index is 9.91. The number of benzene rings is 6. The first-order valence-electron chi connectivity index (χ1n) is 14.5. The second kappa shape index (κ2) is 9.09. The standard InChI is InChI=1S/C39H19N5O/c40-20-23-18-26(19-24(21-41)31(23)22-42)43-32-12-6-4-11-29(32)36-33(43)17-15-30-37-34(44(38(30)36)25-8-2-1-3-9-25)16-14-28-27-10-5-7-13-35(27)45-39(28)37/h1-19H. The maximum atomic E-state index is 9.91. The van der Waals surface area contributed by atoms with Gasteiger partial charge in [0.25, 0.3) is 0 Å². The molecule has 0 N–H and O–H groups in total. The zero-order valence-corrected chi connectivity index (χ0v) is 23.6. The van der Waals surface area contributed by atoms with Gasteiger partial charge >= 0.3 is 0 Å². The van der Waals surface area contributed by atoms with Crippen molar-refractivity contribution < 1.29 is 4.42 Å². The van der Waals surface area contributed by atoms with Crippen LogP contribution >= 0.6 is 0 Å². The molecule has 45 heavy (non-hydrogen) atoms. The van der Waals surface area contributed by atoms with Crippen LogP contribution in [0.15, 0.2) is 120 Å². The third-order valence-corrected chi connectivity index (χ3v) is 8.82. The summed E-state index contributed by atoms with van der Waals surface area (Å²) in [5.74, 6) is 0. The zero-order chi connectivity index (χ0) is 30.2. The van der Waals surface area contributed by atoms with E-state index in [9.17, 15) is 15.8 Å². The molecule has 0 aliphatic carbocycles. The summed E-state index contributed by atoms with van der Waals surface area (Å²) in [5.41, 5.74) is 7.71. The summed E-state index contributed by atoms with van der Waals surface area (Å²) in [7, 11) is 0. The van der Waals surface area contributed by atoms with Crippen molar-refractivity contribution in [2.75, 3.05) is 0 Å². The van der Waals surface area contributed by atoms with Crippen LogP contribution in [0.5, 0.6) is 0 Å². The summed E-state index contributed by atoms with van der Waals surface area (Å²) in [6, 6.07) is 44.8. The van der Waals surface area contributed by atoms with Crippen LogP contribution in [0.1, 0.15) is 16.7 Å². The van der Waals surface area contributed by atoms with Crippen molar-refractivity contribution in [1.29, 1.82) is 15.8 Å². The fourth-order valence-electron chi connectivity index (χ4n) is 7.00. The molecular weight excluding hydrogens is 554 g/mol. The van der Waals surface area contributed by atoms with E-state index in [4.69, 9.17) is 4.42 Å². The van der Waals surface area contributed by atoms with Crippen molar-refractivity contribution in [2.45, 2.75) is 0 Å². The van der Waals surface area contributed by atoms with Gasteiger partial charge in [-0.1, -0.05) is 54.6 Å². The summed E-state index contributed by atoms with van der Waals surface area (Å²) in [6.45, 7) is 0. The molecule has 0 bridgehead atoms. The van der Waals surface area contributed by atoms with E-state index in [1.165, 1.54) is 0 Å². The number of aromatic nitrogens is 2. The molecule has 3 heterocycles. The van der Waals surface area contributed by atoms with Crippen LogP contribution in [0, 0.1) is 34.0 Å². The van der Waals surface area contributed by atoms with Gasteiger partial charge in [0, 0.05) is 38.3 Å². The minimum atomic E-state index is 0.0889. The first kappa shape index (κ1) is 24.8. The fraction of sp³-hybridized carbons (Fsp3) is 0. The average molecular weight is 574 g/mol. The first-order valence-corrected chi connectivity index (χ1v) is 14.5. The first-order chi connectivity index (χ1) is 22.2. The molecule has 9 rings (SSSR count). The van der Waals surface area contributed by atoms with Gasteiger partial charge in [-0.15, -0.1) is 0 Å². The minimum Gasteiger partial charge on any atom is -0.455 e. The molecule has 0 saturated carbocycles. The van der Waals surface area contributed by atoms with Gasteiger partial charge in [-0.2, -0.15) is 15.8 Å². The minimum absolute atomic E-state index is 0.0889. The highest BCUT2D eigenvalue weighted by Crippen LogP contribution is 2.45. The largest absolute Gasteiger partial charge is 0.455 e. The Hall–Kier alpha value is -6.81. The van der Waals surface area contributed by atoms with Crippen LogP contribution in [0.25, 0.3) is 76.9 Å². The second-order valence-corrected chi connectivity index (χ2v) is 11.1. The van der Waals surface area contributed by atoms with Crippen LogP contribution in [0.2, 0.25) is 0 Å². The maximum Gasteiger partial charge on any atom is 0.145 e. The zero-order valence-electron chi connectivity index (χ0n) is 23.6. The normalized spacial score (nSPS) is 11.5. The van der Waals surface area contributed by atoms with Crippen LogP contribution in [0.4, 0.5) is 0 Å². The van der Waals surface area contributed by atoms with E-state index >= 15 is 0 Å². The summed E-state index contributed by atoms with van der Waals surface area (Å²) >= 11 is 0. The Morgan fingerprint density at radius 1 is 0.489 bits per heavy atom. The van der Waals surface area contributed by atoms with Gasteiger partial charge in [0.05, 0.1) is 44.1 Å². The Bertz CT molecular complexity index is 2810. The Kier molecular flexibility index (Phi) is 5.00. The third kappa shape index (κ3) is 3.24. The fourth-order valence-corrected chi connectivity index (χ4v) is 7.00. The molecule has 0 aliphatic heterocycles. The number of furan rings is 1. The summed E-state index contributed by atoms with van der Waals surface area (Å²) < 4.78 is 10.9. The average Bonchev–Trinajstić information content (AvgIpc) is 3.75. The predicted molar refractivity (Wildman–Crippen MR) is 177 cm³/mol. The van der Waals surface area contributed by atoms with Gasteiger partial charge in [0.2, 0.25) is 0 Å². The van der Waals surface area contributed by atoms with E-state index in [2.05, 4.69) is 69.8 Å².